The van der Waals surface area contributed by atoms with E-state index in [-0.39, 0.29) is 21.7 Å². The average Bonchev–Trinajstić information content (AvgIpc) is 2.45. The van der Waals surface area contributed by atoms with Crippen molar-refractivity contribution in [3.8, 4) is 11.1 Å². The largest absolute Gasteiger partial charge is 0.416 e. The number of hydrogen-bond donors (Lipinski definition) is 1. The second-order valence-electron chi connectivity index (χ2n) is 4.55. The lowest BCUT2D eigenvalue weighted by molar-refractivity contribution is -0.385. The number of amides is 1. The third-order valence-electron chi connectivity index (χ3n) is 3.07. The molecule has 0 fully saturated rings. The first-order valence-electron chi connectivity index (χ1n) is 6.06. The van der Waals surface area contributed by atoms with Gasteiger partial charge in [-0.3, -0.25) is 14.9 Å². The van der Waals surface area contributed by atoms with Gasteiger partial charge < -0.3 is 5.73 Å². The number of hydrogen-bond acceptors (Lipinski definition) is 3. The van der Waals surface area contributed by atoms with Gasteiger partial charge in [0.1, 0.15) is 5.56 Å². The molecule has 2 rings (SSSR count). The van der Waals surface area contributed by atoms with E-state index in [1.54, 1.807) is 0 Å². The van der Waals surface area contributed by atoms with Crippen LogP contribution in [0.25, 0.3) is 11.1 Å². The van der Waals surface area contributed by atoms with Crippen LogP contribution in [-0.2, 0) is 6.18 Å². The van der Waals surface area contributed by atoms with Gasteiger partial charge in [-0.25, -0.2) is 0 Å². The molecule has 0 saturated heterocycles. The van der Waals surface area contributed by atoms with E-state index in [1.165, 1.54) is 6.07 Å². The van der Waals surface area contributed by atoms with Crippen LogP contribution in [0.15, 0.2) is 36.4 Å². The predicted octanol–water partition coefficient (Wildman–Crippen LogP) is 4.03. The molecule has 0 aliphatic heterocycles. The Morgan fingerprint density at radius 1 is 1.17 bits per heavy atom. The van der Waals surface area contributed by atoms with E-state index in [4.69, 9.17) is 17.3 Å². The highest BCUT2D eigenvalue weighted by Gasteiger charge is 2.31. The number of primary amides is 1. The zero-order valence-electron chi connectivity index (χ0n) is 11.2. The zero-order chi connectivity index (χ0) is 17.4. The Morgan fingerprint density at radius 2 is 1.83 bits per heavy atom. The normalized spacial score (nSPS) is 11.3. The fourth-order valence-electron chi connectivity index (χ4n) is 1.99. The number of nitro benzene ring substituents is 1. The number of nitro groups is 1. The van der Waals surface area contributed by atoms with Gasteiger partial charge in [-0.1, -0.05) is 17.7 Å². The first-order chi connectivity index (χ1) is 10.6. The van der Waals surface area contributed by atoms with Gasteiger partial charge >= 0.3 is 6.18 Å². The lowest BCUT2D eigenvalue weighted by atomic mass is 10.00. The van der Waals surface area contributed by atoms with Gasteiger partial charge in [0.15, 0.2) is 0 Å². The van der Waals surface area contributed by atoms with Crippen LogP contribution in [0.1, 0.15) is 15.9 Å². The maximum Gasteiger partial charge on any atom is 0.416 e. The van der Waals surface area contributed by atoms with E-state index >= 15 is 0 Å². The summed E-state index contributed by atoms with van der Waals surface area (Å²) in [4.78, 5) is 21.4. The van der Waals surface area contributed by atoms with E-state index in [0.29, 0.717) is 0 Å². The Balaban J connectivity index is 2.57. The van der Waals surface area contributed by atoms with Crippen LogP contribution < -0.4 is 5.73 Å². The SMILES string of the molecule is NC(=O)c1cc(-c2ccc(C(F)(F)F)cc2Cl)ccc1[N+](=O)[O-]. The smallest absolute Gasteiger partial charge is 0.365 e. The summed E-state index contributed by atoms with van der Waals surface area (Å²) in [6.45, 7) is 0. The van der Waals surface area contributed by atoms with Crippen LogP contribution in [0.4, 0.5) is 18.9 Å². The summed E-state index contributed by atoms with van der Waals surface area (Å²) < 4.78 is 37.9. The minimum Gasteiger partial charge on any atom is -0.365 e. The highest BCUT2D eigenvalue weighted by molar-refractivity contribution is 6.33. The molecule has 9 heteroatoms. The highest BCUT2D eigenvalue weighted by Crippen LogP contribution is 2.36. The van der Waals surface area contributed by atoms with Crippen molar-refractivity contribution in [3.63, 3.8) is 0 Å². The fourth-order valence-corrected chi connectivity index (χ4v) is 2.28. The second-order valence-corrected chi connectivity index (χ2v) is 4.95. The molecule has 0 aromatic heterocycles. The standard InChI is InChI=1S/C14H8ClF3N2O3/c15-11-6-8(14(16,17)18)2-3-9(11)7-1-4-12(20(22)23)10(5-7)13(19)21/h1-6H,(H2,19,21). The van der Waals surface area contributed by atoms with Gasteiger partial charge in [-0.2, -0.15) is 13.2 Å². The molecule has 0 radical (unpaired) electrons. The van der Waals surface area contributed by atoms with Gasteiger partial charge in [0.05, 0.1) is 10.5 Å². The number of nitrogens with zero attached hydrogens (tertiary/aromatic N) is 1. The molecule has 0 aliphatic rings. The summed E-state index contributed by atoms with van der Waals surface area (Å²) >= 11 is 5.85. The molecule has 0 atom stereocenters. The minimum absolute atomic E-state index is 0.192. The Hall–Kier alpha value is -2.61. The van der Waals surface area contributed by atoms with Crippen molar-refractivity contribution in [1.29, 1.82) is 0 Å². The third kappa shape index (κ3) is 3.42. The number of rotatable bonds is 3. The van der Waals surface area contributed by atoms with E-state index < -0.39 is 28.3 Å². The van der Waals surface area contributed by atoms with Gasteiger partial charge in [0.2, 0.25) is 0 Å². The Bertz CT molecular complexity index is 806. The zero-order valence-corrected chi connectivity index (χ0v) is 12.0. The van der Waals surface area contributed by atoms with Crippen molar-refractivity contribution in [2.24, 2.45) is 5.73 Å². The Morgan fingerprint density at radius 3 is 2.30 bits per heavy atom. The van der Waals surface area contributed by atoms with Crippen molar-refractivity contribution in [2.45, 2.75) is 6.18 Å². The van der Waals surface area contributed by atoms with E-state index in [2.05, 4.69) is 0 Å². The number of nitrogens with two attached hydrogens (primary N) is 1. The van der Waals surface area contributed by atoms with Crippen LogP contribution in [0.3, 0.4) is 0 Å². The first-order valence-corrected chi connectivity index (χ1v) is 6.44. The monoisotopic (exact) mass is 344 g/mol. The highest BCUT2D eigenvalue weighted by atomic mass is 35.5. The van der Waals surface area contributed by atoms with Crippen molar-refractivity contribution < 1.29 is 22.9 Å². The second kappa shape index (κ2) is 5.88. The molecule has 0 aliphatic carbocycles. The first kappa shape index (κ1) is 16.8. The lowest BCUT2D eigenvalue weighted by Crippen LogP contribution is -2.13. The molecule has 0 bridgehead atoms. The molecule has 120 valence electrons. The maximum absolute atomic E-state index is 12.6. The quantitative estimate of drug-likeness (QED) is 0.673. The summed E-state index contributed by atoms with van der Waals surface area (Å²) in [6, 6.07) is 6.13. The summed E-state index contributed by atoms with van der Waals surface area (Å²) in [5, 5.41) is 10.6. The molecular weight excluding hydrogens is 337 g/mol. The molecule has 1 amide bonds. The van der Waals surface area contributed by atoms with Crippen molar-refractivity contribution in [3.05, 3.63) is 62.7 Å². The van der Waals surface area contributed by atoms with E-state index in [0.717, 1.165) is 30.3 Å². The molecule has 0 unspecified atom stereocenters. The molecule has 2 aromatic rings. The van der Waals surface area contributed by atoms with E-state index in [9.17, 15) is 28.1 Å². The Kier molecular flexibility index (Phi) is 4.28. The molecule has 0 saturated carbocycles. The van der Waals surface area contributed by atoms with Crippen molar-refractivity contribution >= 4 is 23.2 Å². The summed E-state index contributed by atoms with van der Waals surface area (Å²) in [6.07, 6.45) is -4.55. The molecule has 23 heavy (non-hydrogen) atoms. The van der Waals surface area contributed by atoms with Gasteiger partial charge in [0, 0.05) is 16.7 Å². The molecule has 2 aromatic carbocycles. The number of alkyl halides is 3. The fraction of sp³-hybridized carbons (Fsp3) is 0.0714. The van der Waals surface area contributed by atoms with Gasteiger partial charge in [0.25, 0.3) is 11.6 Å². The Labute approximate surface area is 132 Å². The summed E-state index contributed by atoms with van der Waals surface area (Å²) in [7, 11) is 0. The lowest BCUT2D eigenvalue weighted by Gasteiger charge is -2.11. The summed E-state index contributed by atoms with van der Waals surface area (Å²) in [5.74, 6) is -1.03. The third-order valence-corrected chi connectivity index (χ3v) is 3.38. The van der Waals surface area contributed by atoms with Crippen LogP contribution >= 0.6 is 11.6 Å². The van der Waals surface area contributed by atoms with Gasteiger partial charge in [-0.05, 0) is 29.8 Å². The molecular formula is C14H8ClF3N2O3. The number of carbonyl (C=O) groups excluding carboxylic acids is 1. The number of carbonyl (C=O) groups is 1. The van der Waals surface area contributed by atoms with Crippen LogP contribution in [0.5, 0.6) is 0 Å². The van der Waals surface area contributed by atoms with Crippen molar-refractivity contribution in [1.82, 2.24) is 0 Å². The molecule has 0 heterocycles. The number of halogens is 4. The van der Waals surface area contributed by atoms with E-state index in [1.807, 2.05) is 0 Å². The van der Waals surface area contributed by atoms with Gasteiger partial charge in [-0.15, -0.1) is 0 Å². The minimum atomic E-state index is -4.55. The van der Waals surface area contributed by atoms with Crippen LogP contribution in [0, 0.1) is 10.1 Å². The maximum atomic E-state index is 12.6. The van der Waals surface area contributed by atoms with Crippen LogP contribution in [-0.4, -0.2) is 10.8 Å². The average molecular weight is 345 g/mol. The summed E-state index contributed by atoms with van der Waals surface area (Å²) in [5.41, 5.74) is 3.74. The van der Waals surface area contributed by atoms with Crippen molar-refractivity contribution in [2.75, 3.05) is 0 Å². The molecule has 5 nitrogen and oxygen atoms in total. The topological polar surface area (TPSA) is 86.2 Å². The number of benzene rings is 2. The predicted molar refractivity (Wildman–Crippen MR) is 77.1 cm³/mol. The molecule has 0 spiro atoms. The van der Waals surface area contributed by atoms with Crippen LogP contribution in [0.2, 0.25) is 5.02 Å². The molecule has 2 N–H and O–H groups in total.